The minimum Gasteiger partial charge on any atom is -0.402 e. The lowest BCUT2D eigenvalue weighted by molar-refractivity contribution is 0.00979. The largest absolute Gasteiger partial charge is 0.402 e. The van der Waals surface area contributed by atoms with Crippen molar-refractivity contribution in [1.82, 2.24) is 24.2 Å². The molecule has 0 saturated carbocycles. The molecule has 3 aromatic carbocycles. The lowest BCUT2D eigenvalue weighted by Crippen LogP contribution is -2.63. The van der Waals surface area contributed by atoms with E-state index < -0.39 is 31.2 Å². The molecule has 13 heteroatoms. The monoisotopic (exact) mass is 780 g/mol. The Balaban J connectivity index is 1.28. The molecule has 3 aromatic heterocycles. The first kappa shape index (κ1) is 37.0. The van der Waals surface area contributed by atoms with Gasteiger partial charge in [0, 0.05) is 53.5 Å². The van der Waals surface area contributed by atoms with Crippen molar-refractivity contribution in [3.8, 4) is 11.3 Å². The first-order chi connectivity index (χ1) is 25.5. The van der Waals surface area contributed by atoms with Gasteiger partial charge in [-0.1, -0.05) is 105 Å². The smallest absolute Gasteiger partial charge is 0.292 e. The van der Waals surface area contributed by atoms with Gasteiger partial charge >= 0.3 is 0 Å². The topological polar surface area (TPSA) is 106 Å². The highest BCUT2D eigenvalue weighted by atomic mass is 35.5. The standard InChI is InChI=1S/C40H39ClN5O4S2Si/c1-40(2,3)24-35(50-53(31-12-6-4-7-13-31)32-14-8-5-9-15-32)34-27-45(52(48,49)37-22-28-17-18-30(41)23-36(28)51-37)20-21-46(34)39(47)38-43-25-29(26-44-38)33-16-10-11-19-42-33/h4-19,22-23,25-26,34-35H,20-21,24,27H2,1-3H3. The van der Waals surface area contributed by atoms with Crippen LogP contribution in [0.1, 0.15) is 37.8 Å². The van der Waals surface area contributed by atoms with Crippen molar-refractivity contribution in [2.24, 2.45) is 5.41 Å². The van der Waals surface area contributed by atoms with Crippen LogP contribution in [0.3, 0.4) is 0 Å². The molecule has 7 rings (SSSR count). The Morgan fingerprint density at radius 1 is 0.906 bits per heavy atom. The van der Waals surface area contributed by atoms with Crippen LogP contribution in [0.15, 0.2) is 126 Å². The quantitative estimate of drug-likeness (QED) is 0.145. The van der Waals surface area contributed by atoms with E-state index in [4.69, 9.17) is 16.0 Å². The number of hydrogen-bond acceptors (Lipinski definition) is 8. The summed E-state index contributed by atoms with van der Waals surface area (Å²) < 4.78 is 38.6. The average Bonchev–Trinajstić information content (AvgIpc) is 3.61. The van der Waals surface area contributed by atoms with Gasteiger partial charge < -0.3 is 9.33 Å². The second-order valence-corrected chi connectivity index (χ2v) is 19.9. The molecule has 2 unspecified atom stereocenters. The number of sulfonamides is 1. The molecule has 0 aliphatic carbocycles. The summed E-state index contributed by atoms with van der Waals surface area (Å²) in [7, 11) is -5.79. The first-order valence-electron chi connectivity index (χ1n) is 17.3. The minimum absolute atomic E-state index is 0.0264. The summed E-state index contributed by atoms with van der Waals surface area (Å²) in [6, 6.07) is 32.2. The van der Waals surface area contributed by atoms with Gasteiger partial charge in [-0.25, -0.2) is 18.4 Å². The van der Waals surface area contributed by atoms with E-state index in [0.717, 1.165) is 20.5 Å². The number of carbonyl (C=O) groups excluding carboxylic acids is 1. The third-order valence-corrected chi connectivity index (χ3v) is 15.0. The van der Waals surface area contributed by atoms with Crippen LogP contribution >= 0.6 is 22.9 Å². The summed E-state index contributed by atoms with van der Waals surface area (Å²) in [6.45, 7) is 6.66. The van der Waals surface area contributed by atoms with E-state index in [1.165, 1.54) is 15.6 Å². The van der Waals surface area contributed by atoms with E-state index in [1.807, 2.05) is 60.7 Å². The number of piperazine rings is 1. The molecule has 6 aromatic rings. The van der Waals surface area contributed by atoms with Crippen LogP contribution in [-0.4, -0.2) is 79.3 Å². The molecule has 1 fully saturated rings. The Labute approximate surface area is 321 Å². The number of thiophene rings is 1. The van der Waals surface area contributed by atoms with E-state index in [-0.39, 0.29) is 41.0 Å². The van der Waals surface area contributed by atoms with Crippen LogP contribution in [0.5, 0.6) is 0 Å². The zero-order valence-corrected chi connectivity index (χ0v) is 33.0. The Morgan fingerprint density at radius 3 is 2.19 bits per heavy atom. The zero-order valence-electron chi connectivity index (χ0n) is 29.6. The Hall–Kier alpha value is -4.30. The van der Waals surface area contributed by atoms with E-state index in [2.05, 4.69) is 60.0 Å². The highest BCUT2D eigenvalue weighted by Gasteiger charge is 2.44. The van der Waals surface area contributed by atoms with Crippen LogP contribution in [-0.2, 0) is 14.4 Å². The van der Waals surface area contributed by atoms with E-state index in [1.54, 1.807) is 41.7 Å². The molecule has 53 heavy (non-hydrogen) atoms. The molecule has 0 spiro atoms. The molecule has 0 bridgehead atoms. The maximum atomic E-state index is 14.5. The first-order valence-corrected chi connectivity index (χ1v) is 21.4. The number of aromatic nitrogens is 3. The minimum atomic E-state index is -3.94. The second kappa shape index (κ2) is 15.6. The number of rotatable bonds is 10. The molecule has 271 valence electrons. The van der Waals surface area contributed by atoms with Gasteiger partial charge in [-0.05, 0) is 57.9 Å². The fourth-order valence-electron chi connectivity index (χ4n) is 6.53. The molecule has 1 radical (unpaired) electrons. The molecular weight excluding hydrogens is 742 g/mol. The molecule has 1 amide bonds. The maximum Gasteiger partial charge on any atom is 0.292 e. The lowest BCUT2D eigenvalue weighted by atomic mass is 9.86. The van der Waals surface area contributed by atoms with Gasteiger partial charge in [-0.15, -0.1) is 11.3 Å². The highest BCUT2D eigenvalue weighted by molar-refractivity contribution is 7.91. The van der Waals surface area contributed by atoms with Crippen LogP contribution < -0.4 is 10.4 Å². The molecule has 2 atom stereocenters. The number of pyridine rings is 1. The van der Waals surface area contributed by atoms with E-state index in [9.17, 15) is 13.2 Å². The maximum absolute atomic E-state index is 14.5. The molecule has 4 heterocycles. The normalized spacial score (nSPS) is 16.2. The van der Waals surface area contributed by atoms with Gasteiger partial charge in [0.25, 0.3) is 25.0 Å². The predicted molar refractivity (Wildman–Crippen MR) is 213 cm³/mol. The molecule has 9 nitrogen and oxygen atoms in total. The van der Waals surface area contributed by atoms with Crippen molar-refractivity contribution in [3.63, 3.8) is 0 Å². The van der Waals surface area contributed by atoms with Crippen molar-refractivity contribution in [2.75, 3.05) is 19.6 Å². The summed E-state index contributed by atoms with van der Waals surface area (Å²) in [6.07, 6.45) is 4.91. The van der Waals surface area contributed by atoms with Gasteiger partial charge in [-0.3, -0.25) is 9.78 Å². The van der Waals surface area contributed by atoms with Gasteiger partial charge in [0.2, 0.25) is 5.82 Å². The van der Waals surface area contributed by atoms with Crippen molar-refractivity contribution < 1.29 is 17.6 Å². The lowest BCUT2D eigenvalue weighted by Gasteiger charge is -2.45. The number of nitrogens with zero attached hydrogens (tertiary/aromatic N) is 5. The Bertz CT molecular complexity index is 2250. The molecule has 1 aliphatic heterocycles. The summed E-state index contributed by atoms with van der Waals surface area (Å²) in [5.74, 6) is -0.356. The summed E-state index contributed by atoms with van der Waals surface area (Å²) in [4.78, 5) is 29.6. The molecule has 0 N–H and O–H groups in total. The number of halogens is 1. The number of amides is 1. The average molecular weight is 781 g/mol. The van der Waals surface area contributed by atoms with E-state index in [0.29, 0.717) is 22.7 Å². The van der Waals surface area contributed by atoms with Crippen LogP contribution in [0.2, 0.25) is 5.02 Å². The molecule has 1 aliphatic rings. The van der Waals surface area contributed by atoms with E-state index >= 15 is 0 Å². The fraction of sp³-hybridized carbons (Fsp3) is 0.250. The predicted octanol–water partition coefficient (Wildman–Crippen LogP) is 6.55. The SMILES string of the molecule is CC(C)(C)CC(O[Si](c1ccccc1)c1ccccc1)C1CN(S(=O)(=O)c2cc3ccc(Cl)cc3s2)CCN1C(=O)c1ncc(-c2ccccn2)cn1. The van der Waals surface area contributed by atoms with Crippen LogP contribution in [0.4, 0.5) is 0 Å². The van der Waals surface area contributed by atoms with Crippen molar-refractivity contribution in [1.29, 1.82) is 0 Å². The van der Waals surface area contributed by atoms with Crippen LogP contribution in [0.25, 0.3) is 21.3 Å². The highest BCUT2D eigenvalue weighted by Crippen LogP contribution is 2.35. The summed E-state index contributed by atoms with van der Waals surface area (Å²) in [5, 5.41) is 3.46. The van der Waals surface area contributed by atoms with Gasteiger partial charge in [0.1, 0.15) is 4.21 Å². The van der Waals surface area contributed by atoms with Crippen molar-refractivity contribution in [2.45, 2.75) is 43.5 Å². The Kier molecular flexibility index (Phi) is 10.9. The van der Waals surface area contributed by atoms with Gasteiger partial charge in [0.05, 0.1) is 17.8 Å². The summed E-state index contributed by atoms with van der Waals surface area (Å²) in [5.41, 5.74) is 1.15. The van der Waals surface area contributed by atoms with Crippen molar-refractivity contribution >= 4 is 68.4 Å². The van der Waals surface area contributed by atoms with Gasteiger partial charge in [0.15, 0.2) is 0 Å². The van der Waals surface area contributed by atoms with Crippen LogP contribution in [0, 0.1) is 5.41 Å². The molecular formula is C40H39ClN5O4S2Si. The third-order valence-electron chi connectivity index (χ3n) is 9.08. The number of hydrogen-bond donors (Lipinski definition) is 0. The number of benzene rings is 3. The third kappa shape index (κ3) is 8.43. The second-order valence-electron chi connectivity index (χ2n) is 14.2. The summed E-state index contributed by atoms with van der Waals surface area (Å²) >= 11 is 7.44. The Morgan fingerprint density at radius 2 is 1.57 bits per heavy atom. The number of carbonyl (C=O) groups is 1. The van der Waals surface area contributed by atoms with Gasteiger partial charge in [-0.2, -0.15) is 4.31 Å². The number of fused-ring (bicyclic) bond motifs is 1. The fourth-order valence-corrected chi connectivity index (χ4v) is 12.0. The van der Waals surface area contributed by atoms with Crippen molar-refractivity contribution in [3.05, 3.63) is 133 Å². The molecule has 1 saturated heterocycles. The zero-order chi connectivity index (χ0) is 37.2.